The number of nitrogens with zero attached hydrogens (tertiary/aromatic N) is 1. The normalized spacial score (nSPS) is 13.0. The fourth-order valence-corrected chi connectivity index (χ4v) is 2.21. The molecule has 7 heteroatoms. The molecule has 7 nitrogen and oxygen atoms in total. The third-order valence-electron chi connectivity index (χ3n) is 3.69. The second-order valence-electron chi connectivity index (χ2n) is 6.36. The van der Waals surface area contributed by atoms with Gasteiger partial charge in [-0.25, -0.2) is 4.79 Å². The van der Waals surface area contributed by atoms with Crippen molar-refractivity contribution in [1.82, 2.24) is 10.2 Å². The van der Waals surface area contributed by atoms with Crippen molar-refractivity contribution >= 4 is 18.0 Å². The molecule has 0 saturated heterocycles. The highest BCUT2D eigenvalue weighted by Gasteiger charge is 2.30. The van der Waals surface area contributed by atoms with E-state index in [0.717, 1.165) is 5.56 Å². The Kier molecular flexibility index (Phi) is 7.91. The predicted molar refractivity (Wildman–Crippen MR) is 92.9 cm³/mol. The number of ether oxygens (including phenoxy) is 1. The number of benzene rings is 1. The minimum Gasteiger partial charge on any atom is -0.480 e. The second-order valence-corrected chi connectivity index (χ2v) is 6.36. The van der Waals surface area contributed by atoms with Gasteiger partial charge in [0, 0.05) is 7.05 Å². The molecule has 0 aliphatic carbocycles. The molecule has 2 atom stereocenters. The maximum atomic E-state index is 12.4. The van der Waals surface area contributed by atoms with Crippen molar-refractivity contribution in [3.63, 3.8) is 0 Å². The Morgan fingerprint density at radius 1 is 1.16 bits per heavy atom. The Morgan fingerprint density at radius 2 is 1.76 bits per heavy atom. The summed E-state index contributed by atoms with van der Waals surface area (Å²) in [6.07, 6.45) is -0.234. The lowest BCUT2D eigenvalue weighted by Gasteiger charge is -2.28. The molecule has 0 spiro atoms. The molecule has 0 fully saturated rings. The maximum Gasteiger partial charge on any atom is 0.410 e. The highest BCUT2D eigenvalue weighted by atomic mass is 16.6. The second kappa shape index (κ2) is 9.66. The summed E-state index contributed by atoms with van der Waals surface area (Å²) in [7, 11) is 1.48. The van der Waals surface area contributed by atoms with Crippen LogP contribution in [-0.4, -0.2) is 47.1 Å². The molecule has 25 heavy (non-hydrogen) atoms. The average molecular weight is 350 g/mol. The van der Waals surface area contributed by atoms with E-state index in [2.05, 4.69) is 5.32 Å². The van der Waals surface area contributed by atoms with Crippen LogP contribution in [0.5, 0.6) is 0 Å². The van der Waals surface area contributed by atoms with Crippen LogP contribution in [0.3, 0.4) is 0 Å². The molecule has 0 heterocycles. The van der Waals surface area contributed by atoms with Gasteiger partial charge in [-0.3, -0.25) is 14.5 Å². The van der Waals surface area contributed by atoms with Crippen LogP contribution in [0.2, 0.25) is 0 Å². The summed E-state index contributed by atoms with van der Waals surface area (Å²) < 4.78 is 5.25. The highest BCUT2D eigenvalue weighted by Crippen LogP contribution is 2.13. The van der Waals surface area contributed by atoms with Crippen molar-refractivity contribution in [2.75, 3.05) is 7.05 Å². The molecule has 1 aromatic carbocycles. The number of carbonyl (C=O) groups is 3. The molecule has 1 rings (SSSR count). The molecule has 2 N–H and O–H groups in total. The number of carbonyl (C=O) groups excluding carboxylic acids is 2. The smallest absolute Gasteiger partial charge is 0.410 e. The molecule has 0 radical (unpaired) electrons. The van der Waals surface area contributed by atoms with Gasteiger partial charge >= 0.3 is 12.1 Å². The lowest BCUT2D eigenvalue weighted by molar-refractivity contribution is -0.142. The van der Waals surface area contributed by atoms with Gasteiger partial charge < -0.3 is 15.2 Å². The number of likely N-dealkylation sites (N-methyl/N-ethyl adjacent to an activating group) is 1. The summed E-state index contributed by atoms with van der Waals surface area (Å²) in [6.45, 7) is 5.32. The van der Waals surface area contributed by atoms with Crippen molar-refractivity contribution in [1.29, 1.82) is 0 Å². The third kappa shape index (κ3) is 6.82. The fraction of sp³-hybridized carbons (Fsp3) is 0.500. The summed E-state index contributed by atoms with van der Waals surface area (Å²) in [5.41, 5.74) is 0.841. The molecule has 138 valence electrons. The van der Waals surface area contributed by atoms with Gasteiger partial charge in [0.1, 0.15) is 18.7 Å². The summed E-state index contributed by atoms with van der Waals surface area (Å²) in [5, 5.41) is 11.3. The molecular formula is C18H26N2O5. The monoisotopic (exact) mass is 350 g/mol. The number of aliphatic carboxylic acids is 1. The molecule has 1 aromatic rings. The molecule has 0 saturated carbocycles. The van der Waals surface area contributed by atoms with Crippen molar-refractivity contribution in [2.24, 2.45) is 5.92 Å². The van der Waals surface area contributed by atoms with Crippen molar-refractivity contribution in [3.8, 4) is 0 Å². The van der Waals surface area contributed by atoms with Gasteiger partial charge in [0.25, 0.3) is 0 Å². The van der Waals surface area contributed by atoms with E-state index >= 15 is 0 Å². The predicted octanol–water partition coefficient (Wildman–Crippen LogP) is 2.26. The van der Waals surface area contributed by atoms with E-state index in [1.54, 1.807) is 0 Å². The maximum absolute atomic E-state index is 12.4. The molecule has 0 aromatic heterocycles. The van der Waals surface area contributed by atoms with Crippen LogP contribution in [0.4, 0.5) is 4.79 Å². The van der Waals surface area contributed by atoms with Gasteiger partial charge in [-0.1, -0.05) is 44.2 Å². The van der Waals surface area contributed by atoms with E-state index in [0.29, 0.717) is 6.42 Å². The van der Waals surface area contributed by atoms with Crippen LogP contribution in [0.25, 0.3) is 0 Å². The van der Waals surface area contributed by atoms with Gasteiger partial charge in [0.2, 0.25) is 5.91 Å². The first-order valence-corrected chi connectivity index (χ1v) is 8.19. The zero-order chi connectivity index (χ0) is 19.0. The van der Waals surface area contributed by atoms with Crippen LogP contribution in [0, 0.1) is 5.92 Å². The summed E-state index contributed by atoms with van der Waals surface area (Å²) in [6, 6.07) is 7.38. The first-order valence-electron chi connectivity index (χ1n) is 8.19. The van der Waals surface area contributed by atoms with Gasteiger partial charge in [0.15, 0.2) is 0 Å². The molecular weight excluding hydrogens is 324 g/mol. The zero-order valence-electron chi connectivity index (χ0n) is 15.1. The van der Waals surface area contributed by atoms with Crippen molar-refractivity contribution < 1.29 is 24.2 Å². The first kappa shape index (κ1) is 20.5. The number of hydrogen-bond acceptors (Lipinski definition) is 4. The SMILES string of the molecule is CC(C)C[C@@H](C(=O)N[C@@H](C)C(=O)O)N(C)C(=O)OCc1ccccc1. The number of carboxylic acid groups (broad SMARTS) is 1. The molecule has 2 amide bonds. The largest absolute Gasteiger partial charge is 0.480 e. The van der Waals surface area contributed by atoms with Gasteiger partial charge in [0.05, 0.1) is 0 Å². The zero-order valence-corrected chi connectivity index (χ0v) is 15.1. The van der Waals surface area contributed by atoms with E-state index in [1.807, 2.05) is 44.2 Å². The van der Waals surface area contributed by atoms with E-state index < -0.39 is 30.1 Å². The van der Waals surface area contributed by atoms with Crippen LogP contribution in [0.15, 0.2) is 30.3 Å². The van der Waals surface area contributed by atoms with Crippen LogP contribution < -0.4 is 5.32 Å². The number of carboxylic acids is 1. The minimum atomic E-state index is -1.13. The number of rotatable bonds is 8. The molecule has 0 unspecified atom stereocenters. The Morgan fingerprint density at radius 3 is 2.28 bits per heavy atom. The van der Waals surface area contributed by atoms with Crippen LogP contribution in [-0.2, 0) is 20.9 Å². The number of nitrogens with one attached hydrogen (secondary N) is 1. The summed E-state index contributed by atoms with van der Waals surface area (Å²) >= 11 is 0. The Hall–Kier alpha value is -2.57. The Labute approximate surface area is 148 Å². The van der Waals surface area contributed by atoms with Gasteiger partial charge in [-0.05, 0) is 24.8 Å². The lowest BCUT2D eigenvalue weighted by Crippen LogP contribution is -2.51. The minimum absolute atomic E-state index is 0.103. The average Bonchev–Trinajstić information content (AvgIpc) is 2.57. The van der Waals surface area contributed by atoms with Crippen molar-refractivity contribution in [3.05, 3.63) is 35.9 Å². The highest BCUT2D eigenvalue weighted by molar-refractivity contribution is 5.89. The summed E-state index contributed by atoms with van der Waals surface area (Å²) in [5.74, 6) is -1.51. The van der Waals surface area contributed by atoms with E-state index in [-0.39, 0.29) is 12.5 Å². The molecule has 0 bridgehead atoms. The number of amides is 2. The van der Waals surface area contributed by atoms with E-state index in [4.69, 9.17) is 9.84 Å². The quantitative estimate of drug-likeness (QED) is 0.750. The van der Waals surface area contributed by atoms with E-state index in [9.17, 15) is 14.4 Å². The van der Waals surface area contributed by atoms with Crippen LogP contribution >= 0.6 is 0 Å². The van der Waals surface area contributed by atoms with E-state index in [1.165, 1.54) is 18.9 Å². The molecule has 0 aliphatic rings. The lowest BCUT2D eigenvalue weighted by atomic mass is 10.0. The van der Waals surface area contributed by atoms with Gasteiger partial charge in [-0.2, -0.15) is 0 Å². The fourth-order valence-electron chi connectivity index (χ4n) is 2.21. The van der Waals surface area contributed by atoms with Gasteiger partial charge in [-0.15, -0.1) is 0 Å². The molecule has 0 aliphatic heterocycles. The van der Waals surface area contributed by atoms with Crippen LogP contribution in [0.1, 0.15) is 32.8 Å². The first-order chi connectivity index (χ1) is 11.7. The van der Waals surface area contributed by atoms with Crippen molar-refractivity contribution in [2.45, 2.75) is 45.9 Å². The standard InChI is InChI=1S/C18H26N2O5/c1-12(2)10-15(16(21)19-13(3)17(22)23)20(4)18(24)25-11-14-8-6-5-7-9-14/h5-9,12-13,15H,10-11H2,1-4H3,(H,19,21)(H,22,23)/t13-,15-/m0/s1. The number of hydrogen-bond donors (Lipinski definition) is 2. The summed E-state index contributed by atoms with van der Waals surface area (Å²) in [4.78, 5) is 36.8. The Bertz CT molecular complexity index is 588. The topological polar surface area (TPSA) is 95.9 Å². The third-order valence-corrected chi connectivity index (χ3v) is 3.69. The Balaban J connectivity index is 2.73.